The number of phenols is 1. The summed E-state index contributed by atoms with van der Waals surface area (Å²) >= 11 is 0. The van der Waals surface area contributed by atoms with E-state index in [2.05, 4.69) is 5.32 Å². The first-order valence-electron chi connectivity index (χ1n) is 5.52. The largest absolute Gasteiger partial charge is 0.508 e. The number of nitrogens with zero attached hydrogens (tertiary/aromatic N) is 1. The third kappa shape index (κ3) is 3.19. The minimum atomic E-state index is -0.537. The minimum absolute atomic E-state index is 0.0468. The van der Waals surface area contributed by atoms with Crippen molar-refractivity contribution >= 4 is 11.4 Å². The highest BCUT2D eigenvalue weighted by Gasteiger charge is 2.10. The molecule has 5 nitrogen and oxygen atoms in total. The standard InChI is InChI=1S/C13H11FN2O3/c14-10-2-1-3-11(7-10)15-8-9-6-12(16(18)19)4-5-13(9)17/h1-7,15,17H,8H2. The van der Waals surface area contributed by atoms with Crippen LogP contribution in [-0.4, -0.2) is 10.0 Å². The van der Waals surface area contributed by atoms with Crippen LogP contribution < -0.4 is 5.32 Å². The fraction of sp³-hybridized carbons (Fsp3) is 0.0769. The van der Waals surface area contributed by atoms with Crippen molar-refractivity contribution < 1.29 is 14.4 Å². The number of nitro benzene ring substituents is 1. The second kappa shape index (κ2) is 5.34. The highest BCUT2D eigenvalue weighted by molar-refractivity contribution is 5.48. The molecule has 0 saturated heterocycles. The van der Waals surface area contributed by atoms with E-state index in [-0.39, 0.29) is 23.8 Å². The zero-order valence-electron chi connectivity index (χ0n) is 9.84. The van der Waals surface area contributed by atoms with E-state index in [0.29, 0.717) is 11.3 Å². The number of nitrogens with one attached hydrogen (secondary N) is 1. The van der Waals surface area contributed by atoms with Gasteiger partial charge in [-0.3, -0.25) is 10.1 Å². The number of anilines is 1. The van der Waals surface area contributed by atoms with E-state index < -0.39 is 4.92 Å². The van der Waals surface area contributed by atoms with Gasteiger partial charge in [-0.05, 0) is 24.3 Å². The first-order valence-corrected chi connectivity index (χ1v) is 5.52. The Bertz CT molecular complexity index is 617. The average molecular weight is 262 g/mol. The molecule has 0 aliphatic rings. The van der Waals surface area contributed by atoms with Crippen molar-refractivity contribution in [2.75, 3.05) is 5.32 Å². The minimum Gasteiger partial charge on any atom is -0.508 e. The van der Waals surface area contributed by atoms with Crippen LogP contribution in [0.4, 0.5) is 15.8 Å². The van der Waals surface area contributed by atoms with Crippen LogP contribution in [0.5, 0.6) is 5.75 Å². The molecule has 0 unspecified atom stereocenters. The first kappa shape index (κ1) is 12.8. The van der Waals surface area contributed by atoms with Gasteiger partial charge < -0.3 is 10.4 Å². The lowest BCUT2D eigenvalue weighted by Gasteiger charge is -2.08. The van der Waals surface area contributed by atoms with Crippen molar-refractivity contribution in [3.8, 4) is 5.75 Å². The molecule has 0 atom stereocenters. The maximum Gasteiger partial charge on any atom is 0.270 e. The maximum absolute atomic E-state index is 13.0. The Labute approximate surface area is 108 Å². The molecule has 0 bridgehead atoms. The van der Waals surface area contributed by atoms with E-state index in [1.807, 2.05) is 0 Å². The number of hydrogen-bond donors (Lipinski definition) is 2. The zero-order valence-corrected chi connectivity index (χ0v) is 9.84. The molecule has 2 aromatic rings. The van der Waals surface area contributed by atoms with Crippen LogP contribution in [0.1, 0.15) is 5.56 Å². The van der Waals surface area contributed by atoms with Gasteiger partial charge in [0, 0.05) is 29.9 Å². The maximum atomic E-state index is 13.0. The van der Waals surface area contributed by atoms with Gasteiger partial charge >= 0.3 is 0 Å². The molecular formula is C13H11FN2O3. The number of aromatic hydroxyl groups is 1. The molecular weight excluding hydrogens is 251 g/mol. The van der Waals surface area contributed by atoms with E-state index in [4.69, 9.17) is 0 Å². The fourth-order valence-electron chi connectivity index (χ4n) is 1.62. The topological polar surface area (TPSA) is 75.4 Å². The van der Waals surface area contributed by atoms with Crippen LogP contribution in [0.15, 0.2) is 42.5 Å². The summed E-state index contributed by atoms with van der Waals surface area (Å²) in [5, 5.41) is 23.1. The van der Waals surface area contributed by atoms with Crippen molar-refractivity contribution in [3.05, 3.63) is 64.0 Å². The predicted octanol–water partition coefficient (Wildman–Crippen LogP) is 3.05. The molecule has 0 saturated carbocycles. The Hall–Kier alpha value is -2.63. The van der Waals surface area contributed by atoms with Gasteiger partial charge in [-0.25, -0.2) is 4.39 Å². The molecule has 6 heteroatoms. The van der Waals surface area contributed by atoms with Crippen LogP contribution in [0.25, 0.3) is 0 Å². The Morgan fingerprint density at radius 2 is 2.05 bits per heavy atom. The molecule has 0 spiro atoms. The lowest BCUT2D eigenvalue weighted by molar-refractivity contribution is -0.384. The summed E-state index contributed by atoms with van der Waals surface area (Å²) in [5.41, 5.74) is 0.804. The lowest BCUT2D eigenvalue weighted by Crippen LogP contribution is -2.01. The second-order valence-electron chi connectivity index (χ2n) is 3.93. The quantitative estimate of drug-likeness (QED) is 0.656. The zero-order chi connectivity index (χ0) is 13.8. The van der Waals surface area contributed by atoms with Gasteiger partial charge in [0.05, 0.1) is 4.92 Å². The van der Waals surface area contributed by atoms with Gasteiger partial charge in [-0.2, -0.15) is 0 Å². The number of nitro groups is 1. The molecule has 0 aliphatic carbocycles. The number of non-ortho nitro benzene ring substituents is 1. The Morgan fingerprint density at radius 3 is 2.74 bits per heavy atom. The van der Waals surface area contributed by atoms with E-state index >= 15 is 0 Å². The molecule has 0 heterocycles. The highest BCUT2D eigenvalue weighted by Crippen LogP contribution is 2.23. The van der Waals surface area contributed by atoms with Crippen molar-refractivity contribution in [3.63, 3.8) is 0 Å². The van der Waals surface area contributed by atoms with Crippen molar-refractivity contribution in [2.45, 2.75) is 6.54 Å². The first-order chi connectivity index (χ1) is 9.06. The SMILES string of the molecule is O=[N+]([O-])c1ccc(O)c(CNc2cccc(F)c2)c1. The molecule has 0 fully saturated rings. The molecule has 2 rings (SSSR count). The molecule has 0 aliphatic heterocycles. The summed E-state index contributed by atoms with van der Waals surface area (Å²) in [7, 11) is 0. The summed E-state index contributed by atoms with van der Waals surface area (Å²) in [6, 6.07) is 9.59. The van der Waals surface area contributed by atoms with Crippen LogP contribution >= 0.6 is 0 Å². The number of phenolic OH excluding ortho intramolecular Hbond substituents is 1. The second-order valence-corrected chi connectivity index (χ2v) is 3.93. The van der Waals surface area contributed by atoms with Crippen molar-refractivity contribution in [2.24, 2.45) is 0 Å². The van der Waals surface area contributed by atoms with E-state index in [9.17, 15) is 19.6 Å². The fourth-order valence-corrected chi connectivity index (χ4v) is 1.62. The summed E-state index contributed by atoms with van der Waals surface area (Å²) < 4.78 is 13.0. The normalized spacial score (nSPS) is 10.2. The van der Waals surface area contributed by atoms with Crippen LogP contribution in [0, 0.1) is 15.9 Å². The van der Waals surface area contributed by atoms with Crippen LogP contribution in [0.3, 0.4) is 0 Å². The van der Waals surface area contributed by atoms with Crippen molar-refractivity contribution in [1.29, 1.82) is 0 Å². The van der Waals surface area contributed by atoms with Gasteiger partial charge in [-0.1, -0.05) is 6.07 Å². The van der Waals surface area contributed by atoms with Gasteiger partial charge in [0.2, 0.25) is 0 Å². The smallest absolute Gasteiger partial charge is 0.270 e. The molecule has 0 amide bonds. The monoisotopic (exact) mass is 262 g/mol. The number of halogens is 1. The Morgan fingerprint density at radius 1 is 1.26 bits per heavy atom. The molecule has 2 N–H and O–H groups in total. The van der Waals surface area contributed by atoms with Gasteiger partial charge in [0.15, 0.2) is 0 Å². The predicted molar refractivity (Wildman–Crippen MR) is 68.5 cm³/mol. The van der Waals surface area contributed by atoms with E-state index in [1.54, 1.807) is 12.1 Å². The number of benzene rings is 2. The van der Waals surface area contributed by atoms with Crippen molar-refractivity contribution in [1.82, 2.24) is 0 Å². The Balaban J connectivity index is 2.15. The summed E-state index contributed by atoms with van der Waals surface area (Å²) in [5.74, 6) is -0.428. The third-order valence-electron chi connectivity index (χ3n) is 2.58. The van der Waals surface area contributed by atoms with Crippen LogP contribution in [-0.2, 0) is 6.54 Å². The highest BCUT2D eigenvalue weighted by atomic mass is 19.1. The summed E-state index contributed by atoms with van der Waals surface area (Å²) in [6.45, 7) is 0.164. The lowest BCUT2D eigenvalue weighted by atomic mass is 10.1. The summed E-state index contributed by atoms with van der Waals surface area (Å²) in [6.07, 6.45) is 0. The van der Waals surface area contributed by atoms with Gasteiger partial charge in [-0.15, -0.1) is 0 Å². The molecule has 98 valence electrons. The van der Waals surface area contributed by atoms with Gasteiger partial charge in [0.1, 0.15) is 11.6 Å². The number of rotatable bonds is 4. The third-order valence-corrected chi connectivity index (χ3v) is 2.58. The van der Waals surface area contributed by atoms with E-state index in [0.717, 1.165) is 0 Å². The Kier molecular flexibility index (Phi) is 3.61. The molecule has 0 radical (unpaired) electrons. The average Bonchev–Trinajstić information content (AvgIpc) is 2.37. The van der Waals surface area contributed by atoms with Gasteiger partial charge in [0.25, 0.3) is 5.69 Å². The van der Waals surface area contributed by atoms with E-state index in [1.165, 1.54) is 30.3 Å². The molecule has 2 aromatic carbocycles. The summed E-state index contributed by atoms with van der Waals surface area (Å²) in [4.78, 5) is 10.1. The molecule has 0 aromatic heterocycles. The molecule has 19 heavy (non-hydrogen) atoms. The number of hydrogen-bond acceptors (Lipinski definition) is 4. The van der Waals surface area contributed by atoms with Crippen LogP contribution in [0.2, 0.25) is 0 Å².